The van der Waals surface area contributed by atoms with Crippen LogP contribution in [0, 0.1) is 5.92 Å². The lowest BCUT2D eigenvalue weighted by Crippen LogP contribution is -2.49. The summed E-state index contributed by atoms with van der Waals surface area (Å²) in [6.45, 7) is 3.25. The predicted octanol–water partition coefficient (Wildman–Crippen LogP) is 3.97. The van der Waals surface area contributed by atoms with Gasteiger partial charge < -0.3 is 20.3 Å². The maximum Gasteiger partial charge on any atom is 0.251 e. The van der Waals surface area contributed by atoms with Crippen LogP contribution in [0.5, 0.6) is 5.75 Å². The second-order valence-electron chi connectivity index (χ2n) is 8.33. The average molecular weight is 486 g/mol. The molecular formula is C26H32ClN3O4. The molecule has 3 amide bonds. The number of ether oxygens (including phenoxy) is 1. The van der Waals surface area contributed by atoms with Gasteiger partial charge in [-0.25, -0.2) is 0 Å². The zero-order valence-electron chi connectivity index (χ0n) is 19.7. The smallest absolute Gasteiger partial charge is 0.251 e. The van der Waals surface area contributed by atoms with Gasteiger partial charge in [0.05, 0.1) is 19.1 Å². The van der Waals surface area contributed by atoms with Gasteiger partial charge >= 0.3 is 0 Å². The van der Waals surface area contributed by atoms with Crippen molar-refractivity contribution < 1.29 is 19.1 Å². The molecular weight excluding hydrogens is 454 g/mol. The maximum absolute atomic E-state index is 13.2. The fourth-order valence-electron chi connectivity index (χ4n) is 4.31. The molecule has 3 rings (SSSR count). The van der Waals surface area contributed by atoms with Crippen molar-refractivity contribution in [3.8, 4) is 5.75 Å². The Morgan fingerprint density at radius 2 is 1.79 bits per heavy atom. The zero-order chi connectivity index (χ0) is 24.5. The summed E-state index contributed by atoms with van der Waals surface area (Å²) in [5.74, 6) is -0.0457. The molecule has 0 spiro atoms. The number of hydrogen-bond donors (Lipinski definition) is 2. The van der Waals surface area contributed by atoms with E-state index in [2.05, 4.69) is 17.6 Å². The van der Waals surface area contributed by atoms with Gasteiger partial charge in [-0.15, -0.1) is 0 Å². The molecule has 34 heavy (non-hydrogen) atoms. The second kappa shape index (κ2) is 12.4. The van der Waals surface area contributed by atoms with E-state index < -0.39 is 12.0 Å². The third-order valence-corrected chi connectivity index (χ3v) is 6.32. The van der Waals surface area contributed by atoms with E-state index in [-0.39, 0.29) is 30.8 Å². The molecule has 0 bridgehead atoms. The molecule has 8 heteroatoms. The van der Waals surface area contributed by atoms with Crippen LogP contribution in [0.25, 0.3) is 0 Å². The molecule has 7 nitrogen and oxygen atoms in total. The van der Waals surface area contributed by atoms with Gasteiger partial charge in [0.25, 0.3) is 5.91 Å². The lowest BCUT2D eigenvalue weighted by Gasteiger charge is -2.41. The van der Waals surface area contributed by atoms with E-state index in [9.17, 15) is 14.4 Å². The summed E-state index contributed by atoms with van der Waals surface area (Å²) in [7, 11) is 1.60. The first kappa shape index (κ1) is 25.6. The number of nitrogens with one attached hydrogen (secondary N) is 2. The molecule has 2 N–H and O–H groups in total. The minimum atomic E-state index is -0.405. The number of benzene rings is 2. The molecule has 1 aliphatic heterocycles. The van der Waals surface area contributed by atoms with Crippen LogP contribution in [0.2, 0.25) is 5.02 Å². The van der Waals surface area contributed by atoms with Gasteiger partial charge in [0.2, 0.25) is 11.8 Å². The molecule has 0 saturated carbocycles. The first-order valence-corrected chi connectivity index (χ1v) is 12.1. The summed E-state index contributed by atoms with van der Waals surface area (Å²) >= 11 is 5.86. The van der Waals surface area contributed by atoms with Crippen molar-refractivity contribution in [1.82, 2.24) is 15.5 Å². The third-order valence-electron chi connectivity index (χ3n) is 6.07. The molecule has 0 radical (unpaired) electrons. The van der Waals surface area contributed by atoms with Crippen molar-refractivity contribution in [3.63, 3.8) is 0 Å². The summed E-state index contributed by atoms with van der Waals surface area (Å²) in [6, 6.07) is 13.8. The highest BCUT2D eigenvalue weighted by atomic mass is 35.5. The summed E-state index contributed by atoms with van der Waals surface area (Å²) in [4.78, 5) is 40.2. The van der Waals surface area contributed by atoms with Crippen LogP contribution in [0.3, 0.4) is 0 Å². The Kier molecular flexibility index (Phi) is 9.33. The summed E-state index contributed by atoms with van der Waals surface area (Å²) < 4.78 is 5.56. The van der Waals surface area contributed by atoms with Crippen molar-refractivity contribution >= 4 is 29.3 Å². The summed E-state index contributed by atoms with van der Waals surface area (Å²) in [5.41, 5.74) is 1.34. The van der Waals surface area contributed by atoms with Crippen LogP contribution in [-0.2, 0) is 9.59 Å². The Bertz CT molecular complexity index is 996. The van der Waals surface area contributed by atoms with Crippen LogP contribution in [0.1, 0.15) is 54.6 Å². The Balaban J connectivity index is 1.68. The molecule has 1 saturated heterocycles. The Morgan fingerprint density at radius 3 is 2.50 bits per heavy atom. The van der Waals surface area contributed by atoms with Gasteiger partial charge in [0, 0.05) is 42.2 Å². The number of carbonyl (C=O) groups is 3. The van der Waals surface area contributed by atoms with Gasteiger partial charge in [0.1, 0.15) is 5.75 Å². The standard InChI is InChI=1S/C26H32ClN3O4/c1-3-4-17-30-23(31)14-13-21(24(30)20-7-5-6-8-22(20)34-2)26(33)29-16-15-28-25(32)18-9-11-19(27)12-10-18/h5-12,21,24H,3-4,13-17H2,1-2H3,(H,28,32)(H,29,33). The van der Waals surface area contributed by atoms with Crippen molar-refractivity contribution in [2.75, 3.05) is 26.7 Å². The van der Waals surface area contributed by atoms with E-state index in [1.54, 1.807) is 31.4 Å². The van der Waals surface area contributed by atoms with Gasteiger partial charge in [0.15, 0.2) is 0 Å². The van der Waals surface area contributed by atoms with Crippen molar-refractivity contribution in [2.45, 2.75) is 38.6 Å². The average Bonchev–Trinajstić information content (AvgIpc) is 2.85. The minimum Gasteiger partial charge on any atom is -0.496 e. The number of likely N-dealkylation sites (tertiary alicyclic amines) is 1. The van der Waals surface area contributed by atoms with Crippen molar-refractivity contribution in [2.24, 2.45) is 5.92 Å². The Morgan fingerprint density at radius 1 is 1.09 bits per heavy atom. The topological polar surface area (TPSA) is 87.7 Å². The molecule has 2 atom stereocenters. The fourth-order valence-corrected chi connectivity index (χ4v) is 4.44. The molecule has 1 fully saturated rings. The number of unbranched alkanes of at least 4 members (excludes halogenated alkanes) is 1. The van der Waals surface area contributed by atoms with Crippen molar-refractivity contribution in [3.05, 3.63) is 64.7 Å². The molecule has 2 unspecified atom stereocenters. The van der Waals surface area contributed by atoms with Gasteiger partial charge in [-0.3, -0.25) is 14.4 Å². The molecule has 0 aliphatic carbocycles. The highest BCUT2D eigenvalue weighted by molar-refractivity contribution is 6.30. The first-order valence-electron chi connectivity index (χ1n) is 11.7. The fraction of sp³-hybridized carbons (Fsp3) is 0.423. The molecule has 2 aromatic rings. The van der Waals surface area contributed by atoms with E-state index >= 15 is 0 Å². The van der Waals surface area contributed by atoms with E-state index in [1.807, 2.05) is 29.2 Å². The van der Waals surface area contributed by atoms with E-state index in [0.29, 0.717) is 35.7 Å². The monoisotopic (exact) mass is 485 g/mol. The number of nitrogens with zero attached hydrogens (tertiary/aromatic N) is 1. The van der Waals surface area contributed by atoms with E-state index in [0.717, 1.165) is 18.4 Å². The molecule has 0 aromatic heterocycles. The number of rotatable bonds is 10. The normalized spacial score (nSPS) is 17.9. The van der Waals surface area contributed by atoms with Crippen LogP contribution >= 0.6 is 11.6 Å². The summed E-state index contributed by atoms with van der Waals surface area (Å²) in [6.07, 6.45) is 2.61. The lowest BCUT2D eigenvalue weighted by molar-refractivity contribution is -0.143. The van der Waals surface area contributed by atoms with Gasteiger partial charge in [-0.1, -0.05) is 43.1 Å². The zero-order valence-corrected chi connectivity index (χ0v) is 20.4. The summed E-state index contributed by atoms with van der Waals surface area (Å²) in [5, 5.41) is 6.31. The number of para-hydroxylation sites is 1. The largest absolute Gasteiger partial charge is 0.496 e. The van der Waals surface area contributed by atoms with E-state index in [1.165, 1.54) is 0 Å². The second-order valence-corrected chi connectivity index (χ2v) is 8.76. The molecule has 182 valence electrons. The molecule has 1 heterocycles. The minimum absolute atomic E-state index is 0.0589. The van der Waals surface area contributed by atoms with E-state index in [4.69, 9.17) is 16.3 Å². The number of methoxy groups -OCH3 is 1. The number of carbonyl (C=O) groups excluding carboxylic acids is 3. The predicted molar refractivity (Wildman–Crippen MR) is 132 cm³/mol. The maximum atomic E-state index is 13.2. The van der Waals surface area contributed by atoms with Crippen LogP contribution in [0.15, 0.2) is 48.5 Å². The Hall–Kier alpha value is -3.06. The third kappa shape index (κ3) is 6.29. The van der Waals surface area contributed by atoms with Crippen molar-refractivity contribution in [1.29, 1.82) is 0 Å². The highest BCUT2D eigenvalue weighted by Crippen LogP contribution is 2.40. The molecule has 1 aliphatic rings. The number of halogens is 1. The quantitative estimate of drug-likeness (QED) is 0.498. The number of hydrogen-bond acceptors (Lipinski definition) is 4. The Labute approximate surface area is 205 Å². The number of piperidine rings is 1. The van der Waals surface area contributed by atoms with Crippen LogP contribution in [-0.4, -0.2) is 49.4 Å². The number of amides is 3. The highest BCUT2D eigenvalue weighted by Gasteiger charge is 2.41. The van der Waals surface area contributed by atoms with Gasteiger partial charge in [-0.05, 0) is 43.2 Å². The first-order chi connectivity index (χ1) is 16.5. The van der Waals surface area contributed by atoms with Crippen LogP contribution < -0.4 is 15.4 Å². The molecule has 2 aromatic carbocycles. The lowest BCUT2D eigenvalue weighted by atomic mass is 9.83. The van der Waals surface area contributed by atoms with Crippen LogP contribution in [0.4, 0.5) is 0 Å². The SMILES string of the molecule is CCCCN1C(=O)CCC(C(=O)NCCNC(=O)c2ccc(Cl)cc2)C1c1ccccc1OC. The van der Waals surface area contributed by atoms with Gasteiger partial charge in [-0.2, -0.15) is 0 Å².